The van der Waals surface area contributed by atoms with Crippen LogP contribution in [0.5, 0.6) is 0 Å². The molecule has 96 valence electrons. The van der Waals surface area contributed by atoms with E-state index in [0.717, 1.165) is 18.1 Å². The third-order valence-corrected chi connectivity index (χ3v) is 3.80. The van der Waals surface area contributed by atoms with Crippen molar-refractivity contribution in [1.29, 1.82) is 0 Å². The first-order valence-corrected chi connectivity index (χ1v) is 6.75. The van der Waals surface area contributed by atoms with Crippen molar-refractivity contribution >= 4 is 0 Å². The standard InChI is InChI=1S/C14H24N2O/c1-3-13(14-5-4-10-17-14)16(2)11-12-6-8-15-9-7-12/h4-5,10,12-13,15H,3,6-9,11H2,1-2H3. The van der Waals surface area contributed by atoms with Gasteiger partial charge in [0.05, 0.1) is 12.3 Å². The smallest absolute Gasteiger partial charge is 0.120 e. The highest BCUT2D eigenvalue weighted by Crippen LogP contribution is 2.25. The highest BCUT2D eigenvalue weighted by atomic mass is 16.3. The topological polar surface area (TPSA) is 28.4 Å². The van der Waals surface area contributed by atoms with E-state index in [1.54, 1.807) is 6.26 Å². The van der Waals surface area contributed by atoms with E-state index in [1.807, 2.05) is 6.07 Å². The lowest BCUT2D eigenvalue weighted by molar-refractivity contribution is 0.165. The molecule has 0 bridgehead atoms. The number of hydrogen-bond acceptors (Lipinski definition) is 3. The van der Waals surface area contributed by atoms with Crippen molar-refractivity contribution in [2.75, 3.05) is 26.7 Å². The van der Waals surface area contributed by atoms with E-state index in [2.05, 4.69) is 30.3 Å². The van der Waals surface area contributed by atoms with Crippen LogP contribution in [-0.4, -0.2) is 31.6 Å². The van der Waals surface area contributed by atoms with Crippen LogP contribution in [0.25, 0.3) is 0 Å². The van der Waals surface area contributed by atoms with Gasteiger partial charge in [-0.3, -0.25) is 4.90 Å². The average molecular weight is 236 g/mol. The Morgan fingerprint density at radius 1 is 1.47 bits per heavy atom. The van der Waals surface area contributed by atoms with Crippen molar-refractivity contribution in [2.24, 2.45) is 5.92 Å². The summed E-state index contributed by atoms with van der Waals surface area (Å²) in [6.07, 6.45) is 5.49. The fourth-order valence-corrected chi connectivity index (χ4v) is 2.81. The van der Waals surface area contributed by atoms with Crippen molar-refractivity contribution < 1.29 is 4.42 Å². The Labute approximate surface area is 104 Å². The number of piperidine rings is 1. The molecule has 2 rings (SSSR count). The second-order valence-corrected chi connectivity index (χ2v) is 5.07. The maximum atomic E-state index is 5.54. The van der Waals surface area contributed by atoms with E-state index >= 15 is 0 Å². The van der Waals surface area contributed by atoms with Crippen LogP contribution in [0.2, 0.25) is 0 Å². The van der Waals surface area contributed by atoms with Crippen LogP contribution in [0.15, 0.2) is 22.8 Å². The van der Waals surface area contributed by atoms with Crippen molar-refractivity contribution in [3.63, 3.8) is 0 Å². The zero-order chi connectivity index (χ0) is 12.1. The van der Waals surface area contributed by atoms with Crippen LogP contribution >= 0.6 is 0 Å². The first-order valence-electron chi connectivity index (χ1n) is 6.75. The second kappa shape index (κ2) is 6.22. The van der Waals surface area contributed by atoms with Gasteiger partial charge in [0.2, 0.25) is 0 Å². The fraction of sp³-hybridized carbons (Fsp3) is 0.714. The molecule has 0 saturated carbocycles. The Morgan fingerprint density at radius 2 is 2.24 bits per heavy atom. The molecule has 0 spiro atoms. The van der Waals surface area contributed by atoms with Crippen LogP contribution in [0.3, 0.4) is 0 Å². The minimum atomic E-state index is 0.430. The lowest BCUT2D eigenvalue weighted by Crippen LogP contribution is -2.36. The summed E-state index contributed by atoms with van der Waals surface area (Å²) < 4.78 is 5.54. The quantitative estimate of drug-likeness (QED) is 0.852. The van der Waals surface area contributed by atoms with Crippen molar-refractivity contribution in [3.8, 4) is 0 Å². The Kier molecular flexibility index (Phi) is 4.63. The molecule has 1 atom stereocenters. The molecule has 0 radical (unpaired) electrons. The zero-order valence-electron chi connectivity index (χ0n) is 11.0. The molecular weight excluding hydrogens is 212 g/mol. The first-order chi connectivity index (χ1) is 8.31. The summed E-state index contributed by atoms with van der Waals surface area (Å²) in [7, 11) is 2.22. The lowest BCUT2D eigenvalue weighted by Gasteiger charge is -2.31. The van der Waals surface area contributed by atoms with Gasteiger partial charge in [0, 0.05) is 6.54 Å². The van der Waals surface area contributed by atoms with Gasteiger partial charge in [-0.1, -0.05) is 6.92 Å². The monoisotopic (exact) mass is 236 g/mol. The molecule has 17 heavy (non-hydrogen) atoms. The third-order valence-electron chi connectivity index (χ3n) is 3.80. The van der Waals surface area contributed by atoms with Gasteiger partial charge in [0.1, 0.15) is 5.76 Å². The number of nitrogens with zero attached hydrogens (tertiary/aromatic N) is 1. The van der Waals surface area contributed by atoms with Gasteiger partial charge in [-0.15, -0.1) is 0 Å². The van der Waals surface area contributed by atoms with Crippen molar-refractivity contribution in [3.05, 3.63) is 24.2 Å². The number of nitrogens with one attached hydrogen (secondary N) is 1. The van der Waals surface area contributed by atoms with Gasteiger partial charge in [-0.2, -0.15) is 0 Å². The van der Waals surface area contributed by atoms with E-state index in [0.29, 0.717) is 6.04 Å². The highest BCUT2D eigenvalue weighted by Gasteiger charge is 2.21. The number of rotatable bonds is 5. The zero-order valence-corrected chi connectivity index (χ0v) is 11.0. The summed E-state index contributed by atoms with van der Waals surface area (Å²) in [5.41, 5.74) is 0. The molecule has 1 aromatic rings. The second-order valence-electron chi connectivity index (χ2n) is 5.07. The molecule has 1 fully saturated rings. The van der Waals surface area contributed by atoms with Gasteiger partial charge in [0.25, 0.3) is 0 Å². The molecule has 0 aromatic carbocycles. The largest absolute Gasteiger partial charge is 0.468 e. The number of hydrogen-bond donors (Lipinski definition) is 1. The molecule has 0 aliphatic carbocycles. The minimum absolute atomic E-state index is 0.430. The molecule has 1 unspecified atom stereocenters. The van der Waals surface area contributed by atoms with Gasteiger partial charge >= 0.3 is 0 Å². The van der Waals surface area contributed by atoms with Crippen molar-refractivity contribution in [1.82, 2.24) is 10.2 Å². The third kappa shape index (κ3) is 3.33. The first kappa shape index (κ1) is 12.7. The van der Waals surface area contributed by atoms with Gasteiger partial charge < -0.3 is 9.73 Å². The predicted octanol–water partition coefficient (Wildman–Crippen LogP) is 2.66. The maximum absolute atomic E-state index is 5.54. The van der Waals surface area contributed by atoms with Crippen LogP contribution in [0, 0.1) is 5.92 Å². The summed E-state index contributed by atoms with van der Waals surface area (Å²) in [6.45, 7) is 5.76. The summed E-state index contributed by atoms with van der Waals surface area (Å²) >= 11 is 0. The minimum Gasteiger partial charge on any atom is -0.468 e. The predicted molar refractivity (Wildman–Crippen MR) is 70.0 cm³/mol. The molecule has 1 aliphatic rings. The Morgan fingerprint density at radius 3 is 2.82 bits per heavy atom. The van der Waals surface area contributed by atoms with Crippen LogP contribution in [0.4, 0.5) is 0 Å². The molecule has 0 amide bonds. The molecule has 2 heterocycles. The summed E-state index contributed by atoms with van der Waals surface area (Å²) in [5, 5.41) is 3.42. The molecule has 1 aliphatic heterocycles. The Hall–Kier alpha value is -0.800. The van der Waals surface area contributed by atoms with E-state index in [9.17, 15) is 0 Å². The van der Waals surface area contributed by atoms with Crippen LogP contribution < -0.4 is 5.32 Å². The number of furan rings is 1. The SMILES string of the molecule is CCC(c1ccco1)N(C)CC1CCNCC1. The molecule has 3 nitrogen and oxygen atoms in total. The molecule has 3 heteroatoms. The fourth-order valence-electron chi connectivity index (χ4n) is 2.81. The summed E-state index contributed by atoms with van der Waals surface area (Å²) in [5.74, 6) is 1.94. The average Bonchev–Trinajstić information content (AvgIpc) is 2.85. The summed E-state index contributed by atoms with van der Waals surface area (Å²) in [4.78, 5) is 2.45. The van der Waals surface area contributed by atoms with Crippen molar-refractivity contribution in [2.45, 2.75) is 32.2 Å². The normalized spacial score (nSPS) is 19.7. The van der Waals surface area contributed by atoms with Gasteiger partial charge in [-0.05, 0) is 57.5 Å². The van der Waals surface area contributed by atoms with Gasteiger partial charge in [0.15, 0.2) is 0 Å². The van der Waals surface area contributed by atoms with E-state index in [-0.39, 0.29) is 0 Å². The Balaban J connectivity index is 1.90. The van der Waals surface area contributed by atoms with Crippen LogP contribution in [0.1, 0.15) is 38.0 Å². The van der Waals surface area contributed by atoms with E-state index in [1.165, 1.54) is 32.5 Å². The maximum Gasteiger partial charge on any atom is 0.120 e. The highest BCUT2D eigenvalue weighted by molar-refractivity contribution is 5.04. The molecule has 1 saturated heterocycles. The van der Waals surface area contributed by atoms with Gasteiger partial charge in [-0.25, -0.2) is 0 Å². The molecule has 1 N–H and O–H groups in total. The lowest BCUT2D eigenvalue weighted by atomic mass is 9.96. The van der Waals surface area contributed by atoms with E-state index < -0.39 is 0 Å². The molecule has 1 aromatic heterocycles. The van der Waals surface area contributed by atoms with Crippen LogP contribution in [-0.2, 0) is 0 Å². The molecular formula is C14H24N2O. The van der Waals surface area contributed by atoms with E-state index in [4.69, 9.17) is 4.42 Å². The summed E-state index contributed by atoms with van der Waals surface area (Å²) in [6, 6.07) is 4.50. The Bertz CT molecular complexity index is 304.